The van der Waals surface area contributed by atoms with Gasteiger partial charge in [-0.3, -0.25) is 14.9 Å². The van der Waals surface area contributed by atoms with Gasteiger partial charge in [-0.05, 0) is 25.1 Å². The van der Waals surface area contributed by atoms with Crippen LogP contribution in [0.3, 0.4) is 0 Å². The number of nitro groups is 1. The molecular formula is C13H9BrN2O5. The number of aliphatic imine (C=N–C) groups is 1. The van der Waals surface area contributed by atoms with Crippen LogP contribution >= 0.6 is 15.9 Å². The topological polar surface area (TPSA) is 98.9 Å². The highest BCUT2D eigenvalue weighted by Crippen LogP contribution is 2.19. The Bertz CT molecular complexity index is 696. The summed E-state index contributed by atoms with van der Waals surface area (Å²) in [6.07, 6.45) is 1.21. The lowest BCUT2D eigenvalue weighted by atomic mass is 10.1. The lowest BCUT2D eigenvalue weighted by molar-refractivity contribution is -0.501. The standard InChI is InChI=1S/C13H9BrN2O5/c1-7-5-10(11(16(19)20)12(17)15-7)21-13(18)8-3-2-4-9(14)6-8/h2-6,11H,1H3. The van der Waals surface area contributed by atoms with E-state index in [1.54, 1.807) is 12.1 Å². The number of carbonyl (C=O) groups is 2. The van der Waals surface area contributed by atoms with Crippen LogP contribution in [0.15, 0.2) is 45.6 Å². The molecule has 0 aliphatic carbocycles. The largest absolute Gasteiger partial charge is 0.419 e. The monoisotopic (exact) mass is 352 g/mol. The van der Waals surface area contributed by atoms with Crippen molar-refractivity contribution in [2.24, 2.45) is 4.99 Å². The number of nitrogens with zero attached hydrogens (tertiary/aromatic N) is 2. The van der Waals surface area contributed by atoms with Crippen LogP contribution in [-0.4, -0.2) is 28.6 Å². The summed E-state index contributed by atoms with van der Waals surface area (Å²) in [5, 5.41) is 10.9. The molecular weight excluding hydrogens is 344 g/mol. The van der Waals surface area contributed by atoms with Crippen molar-refractivity contribution in [3.63, 3.8) is 0 Å². The molecule has 8 heteroatoms. The van der Waals surface area contributed by atoms with Crippen molar-refractivity contribution in [1.29, 1.82) is 0 Å². The predicted octanol–water partition coefficient (Wildman–Crippen LogP) is 2.14. The second kappa shape index (κ2) is 5.96. The average Bonchev–Trinajstić information content (AvgIpc) is 2.37. The van der Waals surface area contributed by atoms with Crippen molar-refractivity contribution in [3.8, 4) is 0 Å². The first-order chi connectivity index (χ1) is 9.88. The molecule has 1 aliphatic rings. The fourth-order valence-electron chi connectivity index (χ4n) is 1.73. The summed E-state index contributed by atoms with van der Waals surface area (Å²) < 4.78 is 5.67. The van der Waals surface area contributed by atoms with E-state index in [9.17, 15) is 19.7 Å². The number of esters is 1. The van der Waals surface area contributed by atoms with Crippen molar-refractivity contribution >= 4 is 33.5 Å². The van der Waals surface area contributed by atoms with Crippen LogP contribution in [0.25, 0.3) is 0 Å². The van der Waals surface area contributed by atoms with Gasteiger partial charge in [0.25, 0.3) is 0 Å². The Labute approximate surface area is 127 Å². The number of hydrogen-bond donors (Lipinski definition) is 0. The minimum atomic E-state index is -1.79. The maximum absolute atomic E-state index is 12.0. The van der Waals surface area contributed by atoms with E-state index in [-0.39, 0.29) is 17.0 Å². The van der Waals surface area contributed by atoms with Gasteiger partial charge >= 0.3 is 17.9 Å². The van der Waals surface area contributed by atoms with Crippen molar-refractivity contribution in [2.45, 2.75) is 13.0 Å². The average molecular weight is 353 g/mol. The molecule has 0 aromatic heterocycles. The quantitative estimate of drug-likeness (QED) is 0.471. The summed E-state index contributed by atoms with van der Waals surface area (Å²) in [6, 6.07) is 4.57. The summed E-state index contributed by atoms with van der Waals surface area (Å²) in [5.74, 6) is -2.07. The smallest absolute Gasteiger partial charge is 0.348 e. The number of ether oxygens (including phenoxy) is 1. The van der Waals surface area contributed by atoms with Crippen molar-refractivity contribution in [1.82, 2.24) is 0 Å². The summed E-state index contributed by atoms with van der Waals surface area (Å²) in [5.41, 5.74) is 0.454. The van der Waals surface area contributed by atoms with E-state index < -0.39 is 22.8 Å². The van der Waals surface area contributed by atoms with Gasteiger partial charge < -0.3 is 4.74 Å². The minimum Gasteiger partial charge on any atom is -0.419 e. The molecule has 108 valence electrons. The number of dihydropyridines is 1. The number of carbonyl (C=O) groups excluding carboxylic acids is 2. The fraction of sp³-hybridized carbons (Fsp3) is 0.154. The third kappa shape index (κ3) is 3.40. The molecule has 1 unspecified atom stereocenters. The molecule has 1 aromatic rings. The van der Waals surface area contributed by atoms with E-state index in [4.69, 9.17) is 4.74 Å². The maximum Gasteiger partial charge on any atom is 0.348 e. The van der Waals surface area contributed by atoms with E-state index in [0.29, 0.717) is 4.47 Å². The highest BCUT2D eigenvalue weighted by atomic mass is 79.9. The van der Waals surface area contributed by atoms with E-state index in [0.717, 1.165) is 0 Å². The summed E-state index contributed by atoms with van der Waals surface area (Å²) in [4.78, 5) is 37.1. The first-order valence-electron chi connectivity index (χ1n) is 5.80. The van der Waals surface area contributed by atoms with Gasteiger partial charge in [0.2, 0.25) is 0 Å². The Balaban J connectivity index is 2.28. The molecule has 7 nitrogen and oxygen atoms in total. The molecule has 0 saturated heterocycles. The highest BCUT2D eigenvalue weighted by molar-refractivity contribution is 9.10. The third-order valence-corrected chi connectivity index (χ3v) is 3.12. The Morgan fingerprint density at radius 3 is 2.81 bits per heavy atom. The molecule has 0 fully saturated rings. The molecule has 1 aliphatic heterocycles. The Kier molecular flexibility index (Phi) is 4.27. The van der Waals surface area contributed by atoms with Gasteiger partial charge in [0.05, 0.1) is 5.56 Å². The summed E-state index contributed by atoms with van der Waals surface area (Å²) in [6.45, 7) is 1.49. The van der Waals surface area contributed by atoms with Crippen LogP contribution in [0.1, 0.15) is 17.3 Å². The van der Waals surface area contributed by atoms with Crippen LogP contribution in [-0.2, 0) is 9.53 Å². The Morgan fingerprint density at radius 2 is 2.19 bits per heavy atom. The number of hydrogen-bond acceptors (Lipinski definition) is 5. The second-order valence-corrected chi connectivity index (χ2v) is 5.14. The van der Waals surface area contributed by atoms with Crippen molar-refractivity contribution in [2.75, 3.05) is 0 Å². The molecule has 0 radical (unpaired) electrons. The van der Waals surface area contributed by atoms with Gasteiger partial charge in [-0.2, -0.15) is 0 Å². The zero-order chi connectivity index (χ0) is 15.6. The van der Waals surface area contributed by atoms with Crippen LogP contribution in [0.2, 0.25) is 0 Å². The molecule has 0 saturated carbocycles. The van der Waals surface area contributed by atoms with Gasteiger partial charge in [0.15, 0.2) is 5.76 Å². The molecule has 1 heterocycles. The van der Waals surface area contributed by atoms with Gasteiger partial charge in [-0.25, -0.2) is 9.79 Å². The lowest BCUT2D eigenvalue weighted by Gasteiger charge is -2.14. The zero-order valence-corrected chi connectivity index (χ0v) is 12.4. The summed E-state index contributed by atoms with van der Waals surface area (Å²) >= 11 is 3.21. The van der Waals surface area contributed by atoms with Gasteiger partial charge in [0.1, 0.15) is 0 Å². The summed E-state index contributed by atoms with van der Waals surface area (Å²) in [7, 11) is 0. The van der Waals surface area contributed by atoms with Crippen LogP contribution in [0, 0.1) is 10.1 Å². The van der Waals surface area contributed by atoms with Crippen molar-refractivity contribution < 1.29 is 19.2 Å². The first-order valence-corrected chi connectivity index (χ1v) is 6.60. The molecule has 1 amide bonds. The highest BCUT2D eigenvalue weighted by Gasteiger charge is 2.39. The molecule has 0 spiro atoms. The van der Waals surface area contributed by atoms with Crippen LogP contribution in [0.4, 0.5) is 0 Å². The minimum absolute atomic E-state index is 0.208. The Hall–Kier alpha value is -2.35. The SMILES string of the molecule is CC1=NC(=O)C([N+](=O)[O-])C(OC(=O)c2cccc(Br)c2)=C1. The van der Waals surface area contributed by atoms with Gasteiger partial charge in [-0.1, -0.05) is 22.0 Å². The van der Waals surface area contributed by atoms with E-state index in [1.165, 1.54) is 25.1 Å². The number of rotatable bonds is 3. The molecule has 0 N–H and O–H groups in total. The molecule has 21 heavy (non-hydrogen) atoms. The molecule has 0 bridgehead atoms. The van der Waals surface area contributed by atoms with Crippen molar-refractivity contribution in [3.05, 3.63) is 56.3 Å². The zero-order valence-electron chi connectivity index (χ0n) is 10.8. The van der Waals surface area contributed by atoms with Gasteiger partial charge in [-0.15, -0.1) is 0 Å². The Morgan fingerprint density at radius 1 is 1.48 bits per heavy atom. The molecule has 1 atom stereocenters. The molecule has 1 aromatic carbocycles. The normalized spacial score (nSPS) is 17.8. The lowest BCUT2D eigenvalue weighted by Crippen LogP contribution is -2.35. The van der Waals surface area contributed by atoms with Crippen LogP contribution < -0.4 is 0 Å². The first kappa shape index (κ1) is 15.0. The van der Waals surface area contributed by atoms with E-state index >= 15 is 0 Å². The fourth-order valence-corrected chi connectivity index (χ4v) is 2.13. The van der Waals surface area contributed by atoms with E-state index in [2.05, 4.69) is 20.9 Å². The van der Waals surface area contributed by atoms with E-state index in [1.807, 2.05) is 0 Å². The number of amides is 1. The molecule has 2 rings (SSSR count). The van der Waals surface area contributed by atoms with Gasteiger partial charge in [0, 0.05) is 21.2 Å². The number of allylic oxidation sites excluding steroid dienone is 1. The maximum atomic E-state index is 12.0. The predicted molar refractivity (Wildman–Crippen MR) is 76.5 cm³/mol. The second-order valence-electron chi connectivity index (χ2n) is 4.23. The number of halogens is 1. The third-order valence-electron chi connectivity index (χ3n) is 2.62. The number of benzene rings is 1. The van der Waals surface area contributed by atoms with Crippen LogP contribution in [0.5, 0.6) is 0 Å².